The zero-order valence-corrected chi connectivity index (χ0v) is 17.2. The summed E-state index contributed by atoms with van der Waals surface area (Å²) in [7, 11) is 3.03. The smallest absolute Gasteiger partial charge is 0.434 e. The van der Waals surface area contributed by atoms with Crippen molar-refractivity contribution in [1.29, 1.82) is 0 Å². The Kier molecular flexibility index (Phi) is 6.91. The number of rotatable bonds is 8. The number of para-hydroxylation sites is 1. The Hall–Kier alpha value is -3.70. The Bertz CT molecular complexity index is 1070. The molecule has 8 nitrogen and oxygen atoms in total. The Morgan fingerprint density at radius 2 is 1.94 bits per heavy atom. The van der Waals surface area contributed by atoms with Gasteiger partial charge in [-0.3, -0.25) is 4.79 Å². The van der Waals surface area contributed by atoms with Gasteiger partial charge < -0.3 is 15.0 Å². The van der Waals surface area contributed by atoms with Gasteiger partial charge in [0, 0.05) is 26.2 Å². The minimum Gasteiger partial charge on any atom is -0.480 e. The SMILES string of the molecule is COc1ccc(-n2ncc(C(=O)NCCCN(C)c3ccccc3F)c2C(F)(F)F)nn1. The molecular formula is C20H20F4N6O2. The van der Waals surface area contributed by atoms with Gasteiger partial charge >= 0.3 is 6.18 Å². The second-order valence-corrected chi connectivity index (χ2v) is 6.73. The second kappa shape index (κ2) is 9.62. The molecule has 0 fully saturated rings. The molecule has 0 aliphatic carbocycles. The summed E-state index contributed by atoms with van der Waals surface area (Å²) in [6, 6.07) is 8.78. The molecule has 0 bridgehead atoms. The summed E-state index contributed by atoms with van der Waals surface area (Å²) >= 11 is 0. The number of carbonyl (C=O) groups is 1. The van der Waals surface area contributed by atoms with Crippen molar-refractivity contribution in [2.45, 2.75) is 12.6 Å². The maximum atomic E-state index is 13.8. The van der Waals surface area contributed by atoms with Crippen LogP contribution in [0.4, 0.5) is 23.2 Å². The maximum absolute atomic E-state index is 13.8. The zero-order valence-electron chi connectivity index (χ0n) is 17.2. The fraction of sp³-hybridized carbons (Fsp3) is 0.300. The van der Waals surface area contributed by atoms with E-state index in [1.165, 1.54) is 25.3 Å². The van der Waals surface area contributed by atoms with Gasteiger partial charge in [0.15, 0.2) is 11.5 Å². The van der Waals surface area contributed by atoms with Crippen LogP contribution in [-0.4, -0.2) is 53.1 Å². The standard InChI is InChI=1S/C20H20F4N6O2/c1-29(15-7-4-3-6-14(15)21)11-5-10-25-19(31)13-12-26-30(18(13)20(22,23)24)16-8-9-17(32-2)28-27-16/h3-4,6-9,12H,5,10-11H2,1-2H3,(H,25,31). The molecule has 12 heteroatoms. The average Bonchev–Trinajstić information content (AvgIpc) is 3.23. The molecule has 170 valence electrons. The lowest BCUT2D eigenvalue weighted by atomic mass is 10.2. The quantitative estimate of drug-likeness (QED) is 0.418. The number of amides is 1. The van der Waals surface area contributed by atoms with Crippen LogP contribution < -0.4 is 15.0 Å². The summed E-state index contributed by atoms with van der Waals surface area (Å²) in [5.74, 6) is -1.42. The van der Waals surface area contributed by atoms with E-state index in [1.54, 1.807) is 30.1 Å². The van der Waals surface area contributed by atoms with E-state index in [0.29, 0.717) is 23.3 Å². The first-order valence-corrected chi connectivity index (χ1v) is 9.49. The first kappa shape index (κ1) is 23.0. The number of methoxy groups -OCH3 is 1. The van der Waals surface area contributed by atoms with Crippen LogP contribution in [0, 0.1) is 5.82 Å². The van der Waals surface area contributed by atoms with Crippen molar-refractivity contribution in [1.82, 2.24) is 25.3 Å². The lowest BCUT2D eigenvalue weighted by Gasteiger charge is -2.19. The molecule has 1 amide bonds. The molecular weight excluding hydrogens is 432 g/mol. The molecule has 2 heterocycles. The number of alkyl halides is 3. The van der Waals surface area contributed by atoms with Gasteiger partial charge in [0.25, 0.3) is 5.91 Å². The van der Waals surface area contributed by atoms with Crippen molar-refractivity contribution in [2.75, 3.05) is 32.1 Å². The highest BCUT2D eigenvalue weighted by atomic mass is 19.4. The fourth-order valence-electron chi connectivity index (χ4n) is 2.99. The Morgan fingerprint density at radius 3 is 2.56 bits per heavy atom. The highest BCUT2D eigenvalue weighted by molar-refractivity contribution is 5.95. The van der Waals surface area contributed by atoms with E-state index in [9.17, 15) is 22.4 Å². The minimum absolute atomic E-state index is 0.0858. The van der Waals surface area contributed by atoms with Gasteiger partial charge in [-0.15, -0.1) is 10.2 Å². The molecule has 0 spiro atoms. The molecule has 32 heavy (non-hydrogen) atoms. The summed E-state index contributed by atoms with van der Waals surface area (Å²) in [5, 5.41) is 13.4. The molecule has 1 N–H and O–H groups in total. The first-order valence-electron chi connectivity index (χ1n) is 9.49. The predicted molar refractivity (Wildman–Crippen MR) is 107 cm³/mol. The third-order valence-corrected chi connectivity index (χ3v) is 4.55. The normalized spacial score (nSPS) is 11.3. The molecule has 0 aliphatic rings. The third kappa shape index (κ3) is 5.13. The molecule has 2 aromatic heterocycles. The number of ether oxygens (including phenoxy) is 1. The average molecular weight is 452 g/mol. The molecule has 0 aliphatic heterocycles. The molecule has 0 atom stereocenters. The first-order chi connectivity index (χ1) is 15.2. The van der Waals surface area contributed by atoms with Crippen LogP contribution >= 0.6 is 0 Å². The van der Waals surface area contributed by atoms with Crippen molar-refractivity contribution in [2.24, 2.45) is 0 Å². The van der Waals surface area contributed by atoms with Gasteiger partial charge in [0.1, 0.15) is 5.82 Å². The van der Waals surface area contributed by atoms with Gasteiger partial charge in [-0.25, -0.2) is 9.07 Å². The predicted octanol–water partition coefficient (Wildman–Crippen LogP) is 3.09. The van der Waals surface area contributed by atoms with Crippen molar-refractivity contribution < 1.29 is 27.1 Å². The van der Waals surface area contributed by atoms with Crippen LogP contribution in [0.5, 0.6) is 5.88 Å². The second-order valence-electron chi connectivity index (χ2n) is 6.73. The van der Waals surface area contributed by atoms with Crippen molar-refractivity contribution in [3.05, 3.63) is 59.7 Å². The number of nitrogens with one attached hydrogen (secondary N) is 1. The maximum Gasteiger partial charge on any atom is 0.434 e. The van der Waals surface area contributed by atoms with E-state index < -0.39 is 23.3 Å². The fourth-order valence-corrected chi connectivity index (χ4v) is 2.99. The number of nitrogens with zero attached hydrogens (tertiary/aromatic N) is 5. The van der Waals surface area contributed by atoms with Crippen molar-refractivity contribution >= 4 is 11.6 Å². The van der Waals surface area contributed by atoms with Crippen molar-refractivity contribution in [3.63, 3.8) is 0 Å². The molecule has 0 radical (unpaired) electrons. The van der Waals surface area contributed by atoms with Gasteiger partial charge in [0.05, 0.1) is 24.6 Å². The van der Waals surface area contributed by atoms with E-state index >= 15 is 0 Å². The molecule has 3 aromatic rings. The number of carbonyl (C=O) groups excluding carboxylic acids is 1. The molecule has 3 rings (SSSR count). The largest absolute Gasteiger partial charge is 0.480 e. The third-order valence-electron chi connectivity index (χ3n) is 4.55. The van der Waals surface area contributed by atoms with Gasteiger partial charge in [-0.2, -0.15) is 18.3 Å². The van der Waals surface area contributed by atoms with Crippen LogP contribution in [0.1, 0.15) is 22.5 Å². The number of halogens is 4. The molecule has 0 saturated carbocycles. The number of aromatic nitrogens is 4. The highest BCUT2D eigenvalue weighted by Gasteiger charge is 2.41. The van der Waals surface area contributed by atoms with Crippen LogP contribution in [0.25, 0.3) is 5.82 Å². The number of hydrogen-bond acceptors (Lipinski definition) is 6. The number of anilines is 1. The number of hydrogen-bond donors (Lipinski definition) is 1. The summed E-state index contributed by atoms with van der Waals surface area (Å²) in [5.41, 5.74) is -1.52. The van der Waals surface area contributed by atoms with Crippen LogP contribution in [-0.2, 0) is 6.18 Å². The summed E-state index contributed by atoms with van der Waals surface area (Å²) in [4.78, 5) is 14.1. The Labute approximate surface area is 180 Å². The molecule has 0 unspecified atom stereocenters. The lowest BCUT2D eigenvalue weighted by molar-refractivity contribution is -0.143. The topological polar surface area (TPSA) is 85.2 Å². The monoisotopic (exact) mass is 452 g/mol. The van der Waals surface area contributed by atoms with Gasteiger partial charge in [0.2, 0.25) is 5.88 Å². The van der Waals surface area contributed by atoms with E-state index in [0.717, 1.165) is 6.20 Å². The Balaban J connectivity index is 1.68. The summed E-state index contributed by atoms with van der Waals surface area (Å²) < 4.78 is 60.2. The molecule has 0 saturated heterocycles. The van der Waals surface area contributed by atoms with E-state index in [1.807, 2.05) is 0 Å². The molecule has 1 aromatic carbocycles. The zero-order chi connectivity index (χ0) is 23.3. The lowest BCUT2D eigenvalue weighted by Crippen LogP contribution is -2.30. The van der Waals surface area contributed by atoms with E-state index in [4.69, 9.17) is 4.74 Å². The van der Waals surface area contributed by atoms with Crippen molar-refractivity contribution in [3.8, 4) is 11.7 Å². The highest BCUT2D eigenvalue weighted by Crippen LogP contribution is 2.33. The summed E-state index contributed by atoms with van der Waals surface area (Å²) in [6.07, 6.45) is -3.65. The van der Waals surface area contributed by atoms with Crippen LogP contribution in [0.2, 0.25) is 0 Å². The Morgan fingerprint density at radius 1 is 1.19 bits per heavy atom. The van der Waals surface area contributed by atoms with E-state index in [-0.39, 0.29) is 24.1 Å². The van der Waals surface area contributed by atoms with Gasteiger partial charge in [-0.1, -0.05) is 12.1 Å². The minimum atomic E-state index is -4.87. The van der Waals surface area contributed by atoms with Crippen LogP contribution in [0.15, 0.2) is 42.6 Å². The number of benzene rings is 1. The van der Waals surface area contributed by atoms with Crippen LogP contribution in [0.3, 0.4) is 0 Å². The summed E-state index contributed by atoms with van der Waals surface area (Å²) in [6.45, 7) is 0.469. The van der Waals surface area contributed by atoms with E-state index in [2.05, 4.69) is 20.6 Å². The van der Waals surface area contributed by atoms with Gasteiger partial charge in [-0.05, 0) is 24.6 Å².